The Morgan fingerprint density at radius 1 is 1.45 bits per heavy atom. The molecule has 0 saturated carbocycles. The molecule has 1 saturated heterocycles. The lowest BCUT2D eigenvalue weighted by Crippen LogP contribution is -2.50. The van der Waals surface area contributed by atoms with E-state index in [4.69, 9.17) is 5.26 Å². The Morgan fingerprint density at radius 2 is 2.20 bits per heavy atom. The lowest BCUT2D eigenvalue weighted by Gasteiger charge is -2.35. The van der Waals surface area contributed by atoms with Crippen molar-refractivity contribution < 1.29 is 4.79 Å². The van der Waals surface area contributed by atoms with Crippen LogP contribution in [0.4, 0.5) is 0 Å². The van der Waals surface area contributed by atoms with E-state index in [1.54, 1.807) is 12.1 Å². The molecule has 1 unspecified atom stereocenters. The fourth-order valence-electron chi connectivity index (χ4n) is 2.69. The van der Waals surface area contributed by atoms with Crippen LogP contribution in [0.1, 0.15) is 37.3 Å². The highest BCUT2D eigenvalue weighted by atomic mass is 16.2. The first-order valence-corrected chi connectivity index (χ1v) is 7.18. The first-order chi connectivity index (χ1) is 9.70. The largest absolute Gasteiger partial charge is 0.352 e. The molecule has 0 aliphatic carbocycles. The van der Waals surface area contributed by atoms with Crippen molar-refractivity contribution in [3.63, 3.8) is 0 Å². The topological polar surface area (TPSA) is 64.9 Å². The number of carbonyl (C=O) groups excluding carboxylic acids is 1. The molecule has 1 aromatic rings. The van der Waals surface area contributed by atoms with Crippen LogP contribution in [0, 0.1) is 16.7 Å². The fraction of sp³-hybridized carbons (Fsp3) is 0.500. The third-order valence-corrected chi connectivity index (χ3v) is 4.17. The van der Waals surface area contributed by atoms with Crippen LogP contribution < -0.4 is 10.6 Å². The second kappa shape index (κ2) is 6.53. The van der Waals surface area contributed by atoms with Gasteiger partial charge >= 0.3 is 0 Å². The maximum Gasteiger partial charge on any atom is 0.227 e. The van der Waals surface area contributed by atoms with Gasteiger partial charge in [-0.15, -0.1) is 0 Å². The van der Waals surface area contributed by atoms with Crippen molar-refractivity contribution in [2.75, 3.05) is 13.1 Å². The summed E-state index contributed by atoms with van der Waals surface area (Å²) in [5.41, 5.74) is 1.40. The monoisotopic (exact) mass is 271 g/mol. The maximum absolute atomic E-state index is 12.4. The summed E-state index contributed by atoms with van der Waals surface area (Å²) in [5.74, 6) is 0.136. The van der Waals surface area contributed by atoms with E-state index in [1.165, 1.54) is 0 Å². The van der Waals surface area contributed by atoms with Crippen molar-refractivity contribution in [1.82, 2.24) is 10.6 Å². The van der Waals surface area contributed by atoms with Gasteiger partial charge in [-0.05, 0) is 43.5 Å². The predicted octanol–water partition coefficient (Wildman–Crippen LogP) is 1.95. The first-order valence-electron chi connectivity index (χ1n) is 7.18. The third kappa shape index (κ3) is 3.17. The van der Waals surface area contributed by atoms with Crippen LogP contribution in [0.25, 0.3) is 0 Å². The van der Waals surface area contributed by atoms with Gasteiger partial charge in [0.05, 0.1) is 17.0 Å². The van der Waals surface area contributed by atoms with Gasteiger partial charge in [0.2, 0.25) is 5.91 Å². The van der Waals surface area contributed by atoms with Crippen molar-refractivity contribution >= 4 is 5.91 Å². The summed E-state index contributed by atoms with van der Waals surface area (Å²) in [6.45, 7) is 4.37. The summed E-state index contributed by atoms with van der Waals surface area (Å²) >= 11 is 0. The molecule has 4 nitrogen and oxygen atoms in total. The van der Waals surface area contributed by atoms with Crippen molar-refractivity contribution in [1.29, 1.82) is 5.26 Å². The molecule has 1 aliphatic rings. The Hall–Kier alpha value is -1.86. The van der Waals surface area contributed by atoms with E-state index in [0.717, 1.165) is 37.9 Å². The predicted molar refractivity (Wildman–Crippen MR) is 77.8 cm³/mol. The fourth-order valence-corrected chi connectivity index (χ4v) is 2.69. The Balaban J connectivity index is 1.95. The zero-order valence-corrected chi connectivity index (χ0v) is 11.9. The Kier molecular flexibility index (Phi) is 4.75. The average molecular weight is 271 g/mol. The zero-order valence-electron chi connectivity index (χ0n) is 11.9. The lowest BCUT2D eigenvalue weighted by molar-refractivity contribution is -0.132. The molecule has 1 atom stereocenters. The highest BCUT2D eigenvalue weighted by Crippen LogP contribution is 2.30. The van der Waals surface area contributed by atoms with E-state index in [0.29, 0.717) is 12.1 Å². The molecule has 1 aromatic carbocycles. The van der Waals surface area contributed by atoms with Gasteiger partial charge in [0, 0.05) is 13.1 Å². The third-order valence-electron chi connectivity index (χ3n) is 4.17. The van der Waals surface area contributed by atoms with E-state index in [9.17, 15) is 4.79 Å². The zero-order chi connectivity index (χ0) is 14.4. The number of hydrogen-bond acceptors (Lipinski definition) is 3. The highest BCUT2D eigenvalue weighted by Gasteiger charge is 2.37. The van der Waals surface area contributed by atoms with Gasteiger partial charge in [0.1, 0.15) is 0 Å². The summed E-state index contributed by atoms with van der Waals surface area (Å²) in [6, 6.07) is 9.42. The maximum atomic E-state index is 12.4. The summed E-state index contributed by atoms with van der Waals surface area (Å²) in [6.07, 6.45) is 2.87. The van der Waals surface area contributed by atoms with Gasteiger partial charge in [0.15, 0.2) is 0 Å². The standard InChI is InChI=1S/C16H21N3O/c1-2-16(8-3-9-18-12-16)15(20)19-11-14-6-4-13(10-17)5-7-14/h4-7,18H,2-3,8-9,11-12H2,1H3,(H,19,20). The average Bonchev–Trinajstić information content (AvgIpc) is 2.53. The molecule has 0 radical (unpaired) electrons. The lowest BCUT2D eigenvalue weighted by atomic mass is 9.77. The van der Waals surface area contributed by atoms with Crippen LogP contribution >= 0.6 is 0 Å². The number of nitrogens with zero attached hydrogens (tertiary/aromatic N) is 1. The molecule has 0 aromatic heterocycles. The number of carbonyl (C=O) groups is 1. The molecule has 0 bridgehead atoms. The number of piperidine rings is 1. The van der Waals surface area contributed by atoms with Crippen LogP contribution in [0.15, 0.2) is 24.3 Å². The SMILES string of the molecule is CCC1(C(=O)NCc2ccc(C#N)cc2)CCCNC1. The highest BCUT2D eigenvalue weighted by molar-refractivity contribution is 5.83. The van der Waals surface area contributed by atoms with E-state index in [-0.39, 0.29) is 11.3 Å². The molecule has 2 N–H and O–H groups in total. The molecule has 2 rings (SSSR count). The minimum absolute atomic E-state index is 0.136. The number of hydrogen-bond donors (Lipinski definition) is 2. The van der Waals surface area contributed by atoms with Gasteiger partial charge in [-0.1, -0.05) is 19.1 Å². The van der Waals surface area contributed by atoms with Crippen molar-refractivity contribution in [3.05, 3.63) is 35.4 Å². The van der Waals surface area contributed by atoms with Gasteiger partial charge in [-0.3, -0.25) is 4.79 Å². The number of nitrogens with one attached hydrogen (secondary N) is 2. The van der Waals surface area contributed by atoms with Crippen LogP contribution in [-0.2, 0) is 11.3 Å². The van der Waals surface area contributed by atoms with Gasteiger partial charge < -0.3 is 10.6 Å². The van der Waals surface area contributed by atoms with E-state index in [2.05, 4.69) is 23.6 Å². The normalized spacial score (nSPS) is 22.0. The molecule has 4 heteroatoms. The summed E-state index contributed by atoms with van der Waals surface area (Å²) in [5, 5.41) is 15.1. The van der Waals surface area contributed by atoms with Crippen molar-refractivity contribution in [2.45, 2.75) is 32.7 Å². The van der Waals surface area contributed by atoms with Gasteiger partial charge in [0.25, 0.3) is 0 Å². The molecule has 1 fully saturated rings. The van der Waals surface area contributed by atoms with E-state index in [1.807, 2.05) is 12.1 Å². The Labute approximate surface area is 120 Å². The van der Waals surface area contributed by atoms with Crippen LogP contribution in [0.3, 0.4) is 0 Å². The van der Waals surface area contributed by atoms with Crippen LogP contribution in [0.5, 0.6) is 0 Å². The molecule has 0 spiro atoms. The molecule has 1 heterocycles. The molecular weight excluding hydrogens is 250 g/mol. The molecule has 1 aliphatic heterocycles. The van der Waals surface area contributed by atoms with E-state index < -0.39 is 0 Å². The van der Waals surface area contributed by atoms with Crippen molar-refractivity contribution in [3.8, 4) is 6.07 Å². The summed E-state index contributed by atoms with van der Waals surface area (Å²) in [4.78, 5) is 12.4. The first kappa shape index (κ1) is 14.5. The minimum Gasteiger partial charge on any atom is -0.352 e. The Bertz CT molecular complexity index is 495. The van der Waals surface area contributed by atoms with Crippen molar-refractivity contribution in [2.24, 2.45) is 5.41 Å². The quantitative estimate of drug-likeness (QED) is 0.879. The molecule has 106 valence electrons. The van der Waals surface area contributed by atoms with E-state index >= 15 is 0 Å². The van der Waals surface area contributed by atoms with Crippen LogP contribution in [-0.4, -0.2) is 19.0 Å². The number of benzene rings is 1. The molecule has 1 amide bonds. The summed E-state index contributed by atoms with van der Waals surface area (Å²) < 4.78 is 0. The summed E-state index contributed by atoms with van der Waals surface area (Å²) in [7, 11) is 0. The molecule has 20 heavy (non-hydrogen) atoms. The number of amides is 1. The Morgan fingerprint density at radius 3 is 2.75 bits per heavy atom. The number of rotatable bonds is 4. The van der Waals surface area contributed by atoms with Gasteiger partial charge in [-0.2, -0.15) is 5.26 Å². The second-order valence-corrected chi connectivity index (χ2v) is 5.41. The molecular formula is C16H21N3O. The minimum atomic E-state index is -0.259. The smallest absolute Gasteiger partial charge is 0.227 e. The second-order valence-electron chi connectivity index (χ2n) is 5.41. The van der Waals surface area contributed by atoms with Crippen LogP contribution in [0.2, 0.25) is 0 Å². The van der Waals surface area contributed by atoms with Gasteiger partial charge in [-0.25, -0.2) is 0 Å². The number of nitriles is 1.